The van der Waals surface area contributed by atoms with Gasteiger partial charge in [0.15, 0.2) is 0 Å². The lowest BCUT2D eigenvalue weighted by Gasteiger charge is -2.05. The molecule has 0 amide bonds. The van der Waals surface area contributed by atoms with Gasteiger partial charge < -0.3 is 4.74 Å². The molecule has 0 aliphatic rings. The van der Waals surface area contributed by atoms with Crippen LogP contribution in [0.5, 0.6) is 5.75 Å². The van der Waals surface area contributed by atoms with Gasteiger partial charge in [-0.05, 0) is 6.07 Å². The second kappa shape index (κ2) is 3.98. The maximum absolute atomic E-state index is 5.14. The van der Waals surface area contributed by atoms with E-state index in [1.807, 2.05) is 24.3 Å². The summed E-state index contributed by atoms with van der Waals surface area (Å²) >= 11 is 0. The highest BCUT2D eigenvalue weighted by molar-refractivity contribution is 5.32. The third kappa shape index (κ3) is 1.95. The maximum atomic E-state index is 5.14. The fraction of sp³-hybridized carbons (Fsp3) is 0.333. The highest BCUT2D eigenvalue weighted by atomic mass is 16.5. The fourth-order valence-corrected chi connectivity index (χ4v) is 1.00. The van der Waals surface area contributed by atoms with Crippen molar-refractivity contribution in [1.82, 2.24) is 5.32 Å². The minimum absolute atomic E-state index is 0.726. The summed E-state index contributed by atoms with van der Waals surface area (Å²) in [5, 5.41) is 4.03. The predicted molar refractivity (Wildman–Crippen MR) is 44.8 cm³/mol. The average Bonchev–Trinajstić information content (AvgIpc) is 2.06. The number of benzene rings is 1. The first-order valence-corrected chi connectivity index (χ1v) is 3.56. The molecule has 0 saturated heterocycles. The van der Waals surface area contributed by atoms with Crippen LogP contribution in [-0.4, -0.2) is 14.2 Å². The second-order valence-electron chi connectivity index (χ2n) is 2.29. The lowest BCUT2D eigenvalue weighted by Crippen LogP contribution is -1.99. The van der Waals surface area contributed by atoms with Crippen LogP contribution in [0, 0.1) is 0 Å². The Morgan fingerprint density at radius 3 is 2.73 bits per heavy atom. The van der Waals surface area contributed by atoms with Crippen molar-refractivity contribution in [3.63, 3.8) is 0 Å². The van der Waals surface area contributed by atoms with Crippen molar-refractivity contribution in [2.45, 2.75) is 6.54 Å². The lowest BCUT2D eigenvalue weighted by atomic mass is 10.2. The summed E-state index contributed by atoms with van der Waals surface area (Å²) in [7, 11) is 3.47. The molecule has 1 rings (SSSR count). The standard InChI is InChI=1S/C9H12NO/c1-10-7-8-5-3-4-6-9(8)11-2/h3-6H,7H2,1-2H3. The Hall–Kier alpha value is -1.02. The van der Waals surface area contributed by atoms with Crippen LogP contribution in [-0.2, 0) is 6.54 Å². The molecule has 0 saturated carbocycles. The SMILES string of the molecule is C[N]Cc1ccccc1OC. The molecule has 11 heavy (non-hydrogen) atoms. The van der Waals surface area contributed by atoms with E-state index in [-0.39, 0.29) is 0 Å². The zero-order valence-electron chi connectivity index (χ0n) is 6.87. The molecular weight excluding hydrogens is 138 g/mol. The normalized spacial score (nSPS) is 9.64. The Bertz CT molecular complexity index is 223. The highest BCUT2D eigenvalue weighted by Gasteiger charge is 1.98. The smallest absolute Gasteiger partial charge is 0.123 e. The van der Waals surface area contributed by atoms with Crippen molar-refractivity contribution in [3.05, 3.63) is 29.8 Å². The molecule has 0 aliphatic heterocycles. The molecule has 0 aromatic heterocycles. The van der Waals surface area contributed by atoms with Gasteiger partial charge in [-0.1, -0.05) is 18.2 Å². The van der Waals surface area contributed by atoms with Gasteiger partial charge in [0, 0.05) is 19.2 Å². The zero-order valence-corrected chi connectivity index (χ0v) is 6.87. The number of rotatable bonds is 3. The molecule has 0 heterocycles. The molecule has 2 heteroatoms. The van der Waals surface area contributed by atoms with Gasteiger partial charge in [0.2, 0.25) is 0 Å². The summed E-state index contributed by atoms with van der Waals surface area (Å²) in [5.74, 6) is 0.915. The summed E-state index contributed by atoms with van der Waals surface area (Å²) < 4.78 is 5.14. The number of hydrogen-bond acceptors (Lipinski definition) is 1. The van der Waals surface area contributed by atoms with Crippen molar-refractivity contribution in [1.29, 1.82) is 0 Å². The minimum Gasteiger partial charge on any atom is -0.496 e. The van der Waals surface area contributed by atoms with Gasteiger partial charge in [-0.2, -0.15) is 0 Å². The molecule has 0 N–H and O–H groups in total. The zero-order chi connectivity index (χ0) is 8.10. The number of nitrogens with zero attached hydrogens (tertiary/aromatic N) is 1. The van der Waals surface area contributed by atoms with Crippen molar-refractivity contribution in [2.24, 2.45) is 0 Å². The van der Waals surface area contributed by atoms with Gasteiger partial charge in [0.25, 0.3) is 0 Å². The third-order valence-electron chi connectivity index (χ3n) is 1.52. The number of hydrogen-bond donors (Lipinski definition) is 0. The molecule has 59 valence electrons. The Kier molecular flexibility index (Phi) is 2.93. The second-order valence-corrected chi connectivity index (χ2v) is 2.29. The first kappa shape index (κ1) is 8.08. The summed E-state index contributed by atoms with van der Waals surface area (Å²) in [4.78, 5) is 0. The van der Waals surface area contributed by atoms with Gasteiger partial charge in [-0.25, -0.2) is 5.32 Å². The Morgan fingerprint density at radius 1 is 1.36 bits per heavy atom. The van der Waals surface area contributed by atoms with Crippen LogP contribution in [0.2, 0.25) is 0 Å². The summed E-state index contributed by atoms with van der Waals surface area (Å²) in [6, 6.07) is 7.91. The van der Waals surface area contributed by atoms with Crippen molar-refractivity contribution < 1.29 is 4.74 Å². The average molecular weight is 150 g/mol. The van der Waals surface area contributed by atoms with Crippen molar-refractivity contribution in [2.75, 3.05) is 14.2 Å². The van der Waals surface area contributed by atoms with E-state index in [1.54, 1.807) is 14.2 Å². The van der Waals surface area contributed by atoms with Crippen LogP contribution in [0.3, 0.4) is 0 Å². The molecule has 0 fully saturated rings. The van der Waals surface area contributed by atoms with Crippen molar-refractivity contribution >= 4 is 0 Å². The fourth-order valence-electron chi connectivity index (χ4n) is 1.00. The van der Waals surface area contributed by atoms with Gasteiger partial charge in [-0.3, -0.25) is 0 Å². The first-order valence-electron chi connectivity index (χ1n) is 3.56. The Balaban J connectivity index is 2.83. The summed E-state index contributed by atoms with van der Waals surface area (Å²) in [6.07, 6.45) is 0. The van der Waals surface area contributed by atoms with Crippen LogP contribution < -0.4 is 10.1 Å². The monoisotopic (exact) mass is 150 g/mol. The van der Waals surface area contributed by atoms with E-state index in [1.165, 1.54) is 0 Å². The van der Waals surface area contributed by atoms with Crippen LogP contribution in [0.4, 0.5) is 0 Å². The van der Waals surface area contributed by atoms with Gasteiger partial charge in [0.05, 0.1) is 7.11 Å². The molecule has 0 unspecified atom stereocenters. The first-order chi connectivity index (χ1) is 5.38. The van der Waals surface area contributed by atoms with E-state index in [0.717, 1.165) is 17.9 Å². The topological polar surface area (TPSA) is 23.3 Å². The molecule has 1 aromatic carbocycles. The number of ether oxygens (including phenoxy) is 1. The molecule has 0 spiro atoms. The van der Waals surface area contributed by atoms with E-state index in [9.17, 15) is 0 Å². The van der Waals surface area contributed by atoms with Crippen molar-refractivity contribution in [3.8, 4) is 5.75 Å². The minimum atomic E-state index is 0.726. The van der Waals surface area contributed by atoms with Gasteiger partial charge >= 0.3 is 0 Å². The molecule has 2 nitrogen and oxygen atoms in total. The van der Waals surface area contributed by atoms with E-state index in [4.69, 9.17) is 4.74 Å². The molecule has 1 aromatic rings. The van der Waals surface area contributed by atoms with E-state index in [0.29, 0.717) is 0 Å². The van der Waals surface area contributed by atoms with E-state index >= 15 is 0 Å². The van der Waals surface area contributed by atoms with E-state index < -0.39 is 0 Å². The molecule has 0 bridgehead atoms. The van der Waals surface area contributed by atoms with Gasteiger partial charge in [-0.15, -0.1) is 0 Å². The summed E-state index contributed by atoms with van der Waals surface area (Å²) in [6.45, 7) is 0.726. The molecule has 0 aliphatic carbocycles. The third-order valence-corrected chi connectivity index (χ3v) is 1.52. The van der Waals surface area contributed by atoms with Crippen LogP contribution in [0.25, 0.3) is 0 Å². The Labute approximate surface area is 67.2 Å². The van der Waals surface area contributed by atoms with Crippen LogP contribution in [0.15, 0.2) is 24.3 Å². The van der Waals surface area contributed by atoms with Crippen LogP contribution >= 0.6 is 0 Å². The predicted octanol–water partition coefficient (Wildman–Crippen LogP) is 1.43. The molecule has 0 atom stereocenters. The van der Waals surface area contributed by atoms with Gasteiger partial charge in [0.1, 0.15) is 5.75 Å². The maximum Gasteiger partial charge on any atom is 0.123 e. The molecular formula is C9H12NO. The largest absolute Gasteiger partial charge is 0.496 e. The lowest BCUT2D eigenvalue weighted by molar-refractivity contribution is 0.408. The highest BCUT2D eigenvalue weighted by Crippen LogP contribution is 2.16. The number of para-hydroxylation sites is 1. The van der Waals surface area contributed by atoms with E-state index in [2.05, 4.69) is 5.32 Å². The quantitative estimate of drug-likeness (QED) is 0.639. The summed E-state index contributed by atoms with van der Waals surface area (Å²) in [5.41, 5.74) is 1.14. The van der Waals surface area contributed by atoms with Crippen LogP contribution in [0.1, 0.15) is 5.56 Å². The molecule has 1 radical (unpaired) electrons. The Morgan fingerprint density at radius 2 is 2.09 bits per heavy atom. The number of methoxy groups -OCH3 is 1.